The van der Waals surface area contributed by atoms with E-state index in [1.807, 2.05) is 10.6 Å². The van der Waals surface area contributed by atoms with E-state index < -0.39 is 12.7 Å². The predicted molar refractivity (Wildman–Crippen MR) is 151 cm³/mol. The molecule has 2 N–H and O–H groups in total. The molecule has 0 radical (unpaired) electrons. The van der Waals surface area contributed by atoms with Gasteiger partial charge in [-0.15, -0.1) is 0 Å². The summed E-state index contributed by atoms with van der Waals surface area (Å²) in [6, 6.07) is 8.94. The number of hydrogen-bond acceptors (Lipinski definition) is 5. The predicted octanol–water partition coefficient (Wildman–Crippen LogP) is 3.96. The number of nitrogens with zero attached hydrogens (tertiary/aromatic N) is 3. The summed E-state index contributed by atoms with van der Waals surface area (Å²) in [7, 11) is 2.11. The Balaban J connectivity index is 1.44. The van der Waals surface area contributed by atoms with Crippen LogP contribution in [0.2, 0.25) is 0 Å². The number of halogens is 3. The first-order valence-corrected chi connectivity index (χ1v) is 14.0. The molecule has 2 aromatic heterocycles. The van der Waals surface area contributed by atoms with E-state index in [-0.39, 0.29) is 24.2 Å². The third kappa shape index (κ3) is 7.64. The summed E-state index contributed by atoms with van der Waals surface area (Å²) >= 11 is 0. The number of fused-ring (bicyclic) bond motifs is 4. The Morgan fingerprint density at radius 1 is 1.07 bits per heavy atom. The van der Waals surface area contributed by atoms with Crippen LogP contribution in [0.4, 0.5) is 18.9 Å². The monoisotopic (exact) mass is 571 g/mol. The summed E-state index contributed by atoms with van der Waals surface area (Å²) < 4.78 is 55.5. The molecule has 41 heavy (non-hydrogen) atoms. The maximum Gasteiger partial charge on any atom is 0.406 e. The molecular formula is C30H36F3N5O3. The van der Waals surface area contributed by atoms with E-state index in [1.54, 1.807) is 36.7 Å². The summed E-state index contributed by atoms with van der Waals surface area (Å²) in [5.74, 6) is 5.72. The van der Waals surface area contributed by atoms with Crippen LogP contribution in [0.3, 0.4) is 0 Å². The van der Waals surface area contributed by atoms with E-state index in [1.165, 1.54) is 4.57 Å². The molecule has 4 heterocycles. The van der Waals surface area contributed by atoms with E-state index in [4.69, 9.17) is 9.47 Å². The maximum atomic E-state index is 13.6. The van der Waals surface area contributed by atoms with Gasteiger partial charge in [0, 0.05) is 49.2 Å². The van der Waals surface area contributed by atoms with Gasteiger partial charge < -0.3 is 34.1 Å². The first kappa shape index (κ1) is 29.0. The van der Waals surface area contributed by atoms with Gasteiger partial charge in [-0.2, -0.15) is 13.2 Å². The van der Waals surface area contributed by atoms with Crippen molar-refractivity contribution in [3.63, 3.8) is 0 Å². The van der Waals surface area contributed by atoms with Gasteiger partial charge in [-0.05, 0) is 62.5 Å². The van der Waals surface area contributed by atoms with Crippen LogP contribution >= 0.6 is 0 Å². The van der Waals surface area contributed by atoms with Gasteiger partial charge in [0.05, 0.1) is 43.1 Å². The van der Waals surface area contributed by atoms with E-state index >= 15 is 0 Å². The number of benzene rings is 1. The minimum Gasteiger partial charge on any atom is -0.381 e. The van der Waals surface area contributed by atoms with E-state index in [9.17, 15) is 18.0 Å². The third-order valence-electron chi connectivity index (χ3n) is 7.63. The highest BCUT2D eigenvalue weighted by molar-refractivity contribution is 5.95. The number of nitrogens with one attached hydrogen (secondary N) is 2. The van der Waals surface area contributed by atoms with Crippen LogP contribution < -0.4 is 10.6 Å². The van der Waals surface area contributed by atoms with Gasteiger partial charge in [0.1, 0.15) is 6.54 Å². The van der Waals surface area contributed by atoms with Gasteiger partial charge in [0.25, 0.3) is 5.91 Å². The Bertz CT molecular complexity index is 1400. The van der Waals surface area contributed by atoms with Crippen LogP contribution in [0.15, 0.2) is 42.7 Å². The molecule has 2 atom stereocenters. The number of hydrogen-bond donors (Lipinski definition) is 2. The molecular weight excluding hydrogens is 535 g/mol. The first-order valence-electron chi connectivity index (χ1n) is 14.0. The lowest BCUT2D eigenvalue weighted by atomic mass is 9.89. The Hall–Kier alpha value is -3.46. The molecule has 0 spiro atoms. The van der Waals surface area contributed by atoms with Crippen molar-refractivity contribution < 1.29 is 27.4 Å². The fourth-order valence-corrected chi connectivity index (χ4v) is 5.56. The van der Waals surface area contributed by atoms with Gasteiger partial charge in [-0.3, -0.25) is 4.79 Å². The third-order valence-corrected chi connectivity index (χ3v) is 7.63. The van der Waals surface area contributed by atoms with Crippen molar-refractivity contribution in [3.8, 4) is 11.8 Å². The van der Waals surface area contributed by atoms with Crippen molar-refractivity contribution in [2.45, 2.75) is 38.1 Å². The molecule has 4 bridgehead atoms. The molecule has 1 amide bonds. The topological polar surface area (TPSA) is 72.7 Å². The van der Waals surface area contributed by atoms with Gasteiger partial charge in [0.15, 0.2) is 0 Å². The number of ether oxygens (including phenoxy) is 2. The lowest BCUT2D eigenvalue weighted by Crippen LogP contribution is -2.45. The number of rotatable bonds is 1. The molecule has 0 unspecified atom stereocenters. The molecule has 11 heteroatoms. The average molecular weight is 572 g/mol. The number of carbonyl (C=O) groups is 1. The van der Waals surface area contributed by atoms with Crippen LogP contribution in [-0.2, 0) is 22.6 Å². The van der Waals surface area contributed by atoms with Crippen LogP contribution in [0, 0.1) is 17.8 Å². The SMILES string of the molecule is CN1CC[C@@H]2Nc3cccc4c3cc(n4CC(F)(F)F)C#CCNC(=O)c3ccn(c3)CCOCCOCC[C@H]2C1. The summed E-state index contributed by atoms with van der Waals surface area (Å²) in [5, 5.41) is 7.07. The maximum absolute atomic E-state index is 13.6. The standard InChI is InChI=1S/C30H36F3N5O3/c1-36-11-8-26-22(19-36)9-14-40-16-17-41-15-13-37-12-7-23(20-37)29(39)34-10-3-4-24-18-25-27(35-26)5-2-6-28(25)38(24)21-30(31,32)33/h2,5-7,12,18,20,22,26,35H,8-11,13-17,19,21H2,1H3,(H,34,39)/t22-,26-/m0/s1. The van der Waals surface area contributed by atoms with Crippen molar-refractivity contribution in [1.82, 2.24) is 19.4 Å². The second kappa shape index (κ2) is 13.0. The van der Waals surface area contributed by atoms with Gasteiger partial charge in [-0.25, -0.2) is 0 Å². The lowest BCUT2D eigenvalue weighted by Gasteiger charge is -2.38. The van der Waals surface area contributed by atoms with E-state index in [2.05, 4.69) is 34.4 Å². The molecule has 1 fully saturated rings. The summed E-state index contributed by atoms with van der Waals surface area (Å²) in [6.45, 7) is 3.36. The van der Waals surface area contributed by atoms with Crippen LogP contribution in [0.1, 0.15) is 28.9 Å². The first-order chi connectivity index (χ1) is 19.8. The Kier molecular flexibility index (Phi) is 9.22. The van der Waals surface area contributed by atoms with Crippen molar-refractivity contribution >= 4 is 22.5 Å². The van der Waals surface area contributed by atoms with Crippen LogP contribution in [-0.4, -0.2) is 85.3 Å². The van der Waals surface area contributed by atoms with Crippen LogP contribution in [0.5, 0.6) is 0 Å². The molecule has 2 aliphatic heterocycles. The Labute approximate surface area is 237 Å². The second-order valence-electron chi connectivity index (χ2n) is 10.7. The molecule has 0 saturated carbocycles. The van der Waals surface area contributed by atoms with E-state index in [0.717, 1.165) is 31.6 Å². The minimum atomic E-state index is -4.42. The number of amides is 1. The number of carbonyl (C=O) groups excluding carboxylic acids is 1. The Morgan fingerprint density at radius 3 is 2.73 bits per heavy atom. The quantitative estimate of drug-likeness (QED) is 0.433. The average Bonchev–Trinajstić information content (AvgIpc) is 3.54. The lowest BCUT2D eigenvalue weighted by molar-refractivity contribution is -0.140. The summed E-state index contributed by atoms with van der Waals surface area (Å²) in [6.07, 6.45) is 0.886. The van der Waals surface area contributed by atoms with E-state index in [0.29, 0.717) is 55.4 Å². The smallest absolute Gasteiger partial charge is 0.381 e. The second-order valence-corrected chi connectivity index (χ2v) is 10.7. The summed E-state index contributed by atoms with van der Waals surface area (Å²) in [5.41, 5.74) is 1.97. The van der Waals surface area contributed by atoms with Gasteiger partial charge in [0.2, 0.25) is 0 Å². The highest BCUT2D eigenvalue weighted by Gasteiger charge is 2.31. The zero-order chi connectivity index (χ0) is 28.8. The molecule has 8 nitrogen and oxygen atoms in total. The molecule has 3 aromatic rings. The molecule has 0 aliphatic carbocycles. The largest absolute Gasteiger partial charge is 0.406 e. The highest BCUT2D eigenvalue weighted by atomic mass is 19.4. The molecule has 1 aromatic carbocycles. The Morgan fingerprint density at radius 2 is 1.90 bits per heavy atom. The van der Waals surface area contributed by atoms with Gasteiger partial charge in [-0.1, -0.05) is 12.0 Å². The molecule has 2 aliphatic rings. The fraction of sp³-hybridized carbons (Fsp3) is 0.500. The summed E-state index contributed by atoms with van der Waals surface area (Å²) in [4.78, 5) is 14.9. The number of anilines is 1. The van der Waals surface area contributed by atoms with Crippen LogP contribution in [0.25, 0.3) is 10.9 Å². The van der Waals surface area contributed by atoms with Gasteiger partial charge >= 0.3 is 6.18 Å². The molecule has 1 saturated heterocycles. The number of piperidine rings is 1. The van der Waals surface area contributed by atoms with Crippen molar-refractivity contribution in [2.24, 2.45) is 5.92 Å². The van der Waals surface area contributed by atoms with Crippen molar-refractivity contribution in [1.29, 1.82) is 0 Å². The number of aromatic nitrogens is 2. The molecule has 5 rings (SSSR count). The number of likely N-dealkylation sites (tertiary alicyclic amines) is 1. The zero-order valence-electron chi connectivity index (χ0n) is 23.2. The van der Waals surface area contributed by atoms with Crippen molar-refractivity contribution in [2.75, 3.05) is 58.4 Å². The number of alkyl halides is 3. The van der Waals surface area contributed by atoms with Crippen molar-refractivity contribution in [3.05, 3.63) is 54.0 Å². The highest BCUT2D eigenvalue weighted by Crippen LogP contribution is 2.32. The fourth-order valence-electron chi connectivity index (χ4n) is 5.56. The normalized spacial score (nSPS) is 21.9. The molecule has 220 valence electrons. The minimum absolute atomic E-state index is 0.00302. The zero-order valence-corrected chi connectivity index (χ0v) is 23.2.